The Bertz CT molecular complexity index is 611. The molecule has 0 radical (unpaired) electrons. The van der Waals surface area contributed by atoms with E-state index in [1.165, 1.54) is 17.0 Å². The van der Waals surface area contributed by atoms with Gasteiger partial charge in [0.05, 0.1) is 5.69 Å². The minimum absolute atomic E-state index is 0.000449. The summed E-state index contributed by atoms with van der Waals surface area (Å²) in [5.74, 6) is -1.92. The number of piperidine rings is 1. The predicted octanol–water partition coefficient (Wildman–Crippen LogP) is 2.22. The van der Waals surface area contributed by atoms with Crippen molar-refractivity contribution in [2.75, 3.05) is 32.5 Å². The van der Waals surface area contributed by atoms with Crippen LogP contribution in [0.15, 0.2) is 18.2 Å². The molecule has 1 aliphatic rings. The minimum Gasteiger partial charge on any atom is -0.334 e. The van der Waals surface area contributed by atoms with Crippen molar-refractivity contribution in [2.45, 2.75) is 19.4 Å². The van der Waals surface area contributed by atoms with Crippen LogP contribution in [0.2, 0.25) is 5.02 Å². The lowest BCUT2D eigenvalue weighted by Crippen LogP contribution is -2.52. The molecule has 126 valence electrons. The molecule has 2 rings (SSSR count). The summed E-state index contributed by atoms with van der Waals surface area (Å²) in [6.45, 7) is 3.80. The van der Waals surface area contributed by atoms with Gasteiger partial charge in [0.15, 0.2) is 0 Å². The number of hydrogen-bond acceptors (Lipinski definition) is 3. The third kappa shape index (κ3) is 4.20. The van der Waals surface area contributed by atoms with Crippen molar-refractivity contribution in [1.82, 2.24) is 9.80 Å². The quantitative estimate of drug-likeness (QED) is 0.839. The number of likely N-dealkylation sites (tertiary alicyclic amines) is 1. The lowest BCUT2D eigenvalue weighted by atomic mass is 9.93. The van der Waals surface area contributed by atoms with Gasteiger partial charge in [-0.2, -0.15) is 0 Å². The maximum Gasteiger partial charge on any atom is 0.313 e. The van der Waals surface area contributed by atoms with Crippen molar-refractivity contribution < 1.29 is 14.0 Å². The van der Waals surface area contributed by atoms with Crippen LogP contribution in [-0.4, -0.2) is 54.8 Å². The van der Waals surface area contributed by atoms with Gasteiger partial charge in [-0.1, -0.05) is 18.5 Å². The highest BCUT2D eigenvalue weighted by atomic mass is 35.5. The number of halogens is 2. The molecule has 0 unspecified atom stereocenters. The number of benzene rings is 1. The number of rotatable bonds is 2. The van der Waals surface area contributed by atoms with E-state index < -0.39 is 17.6 Å². The first-order valence-corrected chi connectivity index (χ1v) is 7.89. The van der Waals surface area contributed by atoms with Gasteiger partial charge >= 0.3 is 11.8 Å². The Morgan fingerprint density at radius 1 is 1.43 bits per heavy atom. The van der Waals surface area contributed by atoms with E-state index in [-0.39, 0.29) is 22.7 Å². The molecule has 0 bridgehead atoms. The fourth-order valence-electron chi connectivity index (χ4n) is 2.99. The molecule has 2 atom stereocenters. The summed E-state index contributed by atoms with van der Waals surface area (Å²) in [7, 11) is 3.65. The topological polar surface area (TPSA) is 52.7 Å². The van der Waals surface area contributed by atoms with E-state index in [9.17, 15) is 14.0 Å². The molecule has 0 spiro atoms. The zero-order valence-corrected chi connectivity index (χ0v) is 14.2. The van der Waals surface area contributed by atoms with Crippen LogP contribution in [0, 0.1) is 11.7 Å². The molecule has 0 saturated carbocycles. The van der Waals surface area contributed by atoms with E-state index in [0.29, 0.717) is 0 Å². The number of amides is 2. The molecule has 23 heavy (non-hydrogen) atoms. The van der Waals surface area contributed by atoms with Crippen molar-refractivity contribution in [3.8, 4) is 0 Å². The standard InChI is InChI=1S/C16H21ClFN3O2/c1-10-9-20(2)7-6-14(10)21(3)16(23)15(22)19-13-5-4-11(17)8-12(13)18/h4-5,8,10,14H,6-7,9H2,1-3H3,(H,19,22)/t10-,14-/m0/s1. The van der Waals surface area contributed by atoms with E-state index >= 15 is 0 Å². The normalized spacial score (nSPS) is 21.8. The predicted molar refractivity (Wildman–Crippen MR) is 87.9 cm³/mol. The van der Waals surface area contributed by atoms with E-state index in [1.54, 1.807) is 7.05 Å². The number of carbonyl (C=O) groups excluding carboxylic acids is 2. The zero-order chi connectivity index (χ0) is 17.1. The molecule has 1 saturated heterocycles. The van der Waals surface area contributed by atoms with Crippen LogP contribution in [0.1, 0.15) is 13.3 Å². The van der Waals surface area contributed by atoms with Crippen molar-refractivity contribution in [3.05, 3.63) is 29.0 Å². The Hall–Kier alpha value is -1.66. The van der Waals surface area contributed by atoms with E-state index in [4.69, 9.17) is 11.6 Å². The average molecular weight is 342 g/mol. The van der Waals surface area contributed by atoms with Gasteiger partial charge in [0, 0.05) is 24.7 Å². The lowest BCUT2D eigenvalue weighted by Gasteiger charge is -2.39. The number of nitrogens with zero attached hydrogens (tertiary/aromatic N) is 2. The van der Waals surface area contributed by atoms with E-state index in [0.717, 1.165) is 25.6 Å². The summed E-state index contributed by atoms with van der Waals surface area (Å²) < 4.78 is 13.7. The highest BCUT2D eigenvalue weighted by Gasteiger charge is 2.32. The molecule has 0 aliphatic carbocycles. The fraction of sp³-hybridized carbons (Fsp3) is 0.500. The fourth-order valence-corrected chi connectivity index (χ4v) is 3.15. The molecule has 0 aromatic heterocycles. The third-order valence-corrected chi connectivity index (χ3v) is 4.49. The molecule has 1 heterocycles. The molecule has 1 aliphatic heterocycles. The van der Waals surface area contributed by atoms with Gasteiger partial charge in [-0.3, -0.25) is 9.59 Å². The van der Waals surface area contributed by atoms with Crippen LogP contribution in [0.5, 0.6) is 0 Å². The monoisotopic (exact) mass is 341 g/mol. The molecular weight excluding hydrogens is 321 g/mol. The van der Waals surface area contributed by atoms with Crippen molar-refractivity contribution in [3.63, 3.8) is 0 Å². The number of carbonyl (C=O) groups is 2. The smallest absolute Gasteiger partial charge is 0.313 e. The molecular formula is C16H21ClFN3O2. The zero-order valence-electron chi connectivity index (χ0n) is 13.5. The van der Waals surface area contributed by atoms with E-state index in [2.05, 4.69) is 17.1 Å². The summed E-state index contributed by atoms with van der Waals surface area (Å²) in [6, 6.07) is 3.87. The van der Waals surface area contributed by atoms with Gasteiger partial charge in [0.1, 0.15) is 5.82 Å². The molecule has 1 N–H and O–H groups in total. The first-order chi connectivity index (χ1) is 10.8. The van der Waals surface area contributed by atoms with Crippen molar-refractivity contribution in [2.24, 2.45) is 5.92 Å². The van der Waals surface area contributed by atoms with Gasteiger partial charge in [0.2, 0.25) is 0 Å². The molecule has 5 nitrogen and oxygen atoms in total. The van der Waals surface area contributed by atoms with Gasteiger partial charge in [0.25, 0.3) is 0 Å². The Morgan fingerprint density at radius 3 is 2.74 bits per heavy atom. The van der Waals surface area contributed by atoms with Gasteiger partial charge in [-0.05, 0) is 44.1 Å². The van der Waals surface area contributed by atoms with Gasteiger partial charge in [-0.25, -0.2) is 4.39 Å². The van der Waals surface area contributed by atoms with E-state index in [1.807, 2.05) is 7.05 Å². The van der Waals surface area contributed by atoms with Crippen LogP contribution in [-0.2, 0) is 9.59 Å². The maximum atomic E-state index is 13.7. The summed E-state index contributed by atoms with van der Waals surface area (Å²) in [6.07, 6.45) is 0.808. The third-order valence-electron chi connectivity index (χ3n) is 4.25. The number of likely N-dealkylation sites (N-methyl/N-ethyl adjacent to an activating group) is 1. The molecule has 1 aromatic rings. The SMILES string of the molecule is C[C@H]1CN(C)CC[C@@H]1N(C)C(=O)C(=O)Nc1ccc(Cl)cc1F. The summed E-state index contributed by atoms with van der Waals surface area (Å²) in [5, 5.41) is 2.53. The largest absolute Gasteiger partial charge is 0.334 e. The minimum atomic E-state index is -0.847. The van der Waals surface area contributed by atoms with Gasteiger partial charge in [-0.15, -0.1) is 0 Å². The van der Waals surface area contributed by atoms with Crippen LogP contribution >= 0.6 is 11.6 Å². The Morgan fingerprint density at radius 2 is 2.13 bits per heavy atom. The first kappa shape index (κ1) is 17.7. The first-order valence-electron chi connectivity index (χ1n) is 7.51. The average Bonchev–Trinajstić information content (AvgIpc) is 2.48. The lowest BCUT2D eigenvalue weighted by molar-refractivity contribution is -0.145. The van der Waals surface area contributed by atoms with Crippen LogP contribution in [0.3, 0.4) is 0 Å². The van der Waals surface area contributed by atoms with Crippen LogP contribution in [0.4, 0.5) is 10.1 Å². The molecule has 7 heteroatoms. The maximum absolute atomic E-state index is 13.7. The highest BCUT2D eigenvalue weighted by molar-refractivity contribution is 6.39. The second-order valence-electron chi connectivity index (χ2n) is 6.09. The highest BCUT2D eigenvalue weighted by Crippen LogP contribution is 2.22. The summed E-state index contributed by atoms with van der Waals surface area (Å²) >= 11 is 5.66. The van der Waals surface area contributed by atoms with Crippen LogP contribution < -0.4 is 5.32 Å². The second-order valence-corrected chi connectivity index (χ2v) is 6.53. The molecule has 1 fully saturated rings. The Kier molecular flexibility index (Phi) is 5.59. The number of anilines is 1. The Balaban J connectivity index is 2.02. The van der Waals surface area contributed by atoms with Crippen molar-refractivity contribution in [1.29, 1.82) is 0 Å². The second kappa shape index (κ2) is 7.27. The van der Waals surface area contributed by atoms with Crippen molar-refractivity contribution >= 4 is 29.1 Å². The molecule has 2 amide bonds. The number of hydrogen-bond donors (Lipinski definition) is 1. The Labute approximate surface area is 140 Å². The molecule has 1 aromatic carbocycles. The summed E-state index contributed by atoms with van der Waals surface area (Å²) in [4.78, 5) is 28.1. The summed E-state index contributed by atoms with van der Waals surface area (Å²) in [5.41, 5.74) is -0.0578. The van der Waals surface area contributed by atoms with Gasteiger partial charge < -0.3 is 15.1 Å². The van der Waals surface area contributed by atoms with Crippen LogP contribution in [0.25, 0.3) is 0 Å². The number of nitrogens with one attached hydrogen (secondary N) is 1.